The van der Waals surface area contributed by atoms with E-state index in [1.54, 1.807) is 11.1 Å². The van der Waals surface area contributed by atoms with E-state index in [1.165, 1.54) is 0 Å². The molecule has 10 heteroatoms. The molecular weight excluding hydrogens is 455 g/mol. The van der Waals surface area contributed by atoms with Gasteiger partial charge in [-0.15, -0.1) is 0 Å². The zero-order valence-electron chi connectivity index (χ0n) is 16.9. The molecule has 1 atom stereocenters. The first-order valence-corrected chi connectivity index (χ1v) is 10.3. The number of hydrogen-bond donors (Lipinski definition) is 1. The van der Waals surface area contributed by atoms with E-state index < -0.39 is 11.4 Å². The summed E-state index contributed by atoms with van der Waals surface area (Å²) in [5.41, 5.74) is 6.69. The highest BCUT2D eigenvalue weighted by Crippen LogP contribution is 2.36. The highest BCUT2D eigenvalue weighted by Gasteiger charge is 2.32. The number of carbonyl (C=O) groups excluding carboxylic acids is 1. The Hall–Kier alpha value is -2.75. The van der Waals surface area contributed by atoms with E-state index in [9.17, 15) is 9.18 Å². The van der Waals surface area contributed by atoms with Crippen molar-refractivity contribution >= 4 is 38.9 Å². The minimum atomic E-state index is -0.557. The monoisotopic (exact) mass is 476 g/mol. The molecule has 2 N–H and O–H groups in total. The number of rotatable bonds is 2. The third-order valence-electron chi connectivity index (χ3n) is 4.91. The van der Waals surface area contributed by atoms with Gasteiger partial charge < -0.3 is 19.9 Å². The average Bonchev–Trinajstić information content (AvgIpc) is 3.27. The number of halogens is 2. The second-order valence-corrected chi connectivity index (χ2v) is 9.08. The van der Waals surface area contributed by atoms with E-state index >= 15 is 0 Å². The zero-order chi connectivity index (χ0) is 21.6. The number of nitrogens with two attached hydrogens (primary N) is 1. The predicted octanol–water partition coefficient (Wildman–Crippen LogP) is 4.16. The van der Waals surface area contributed by atoms with Crippen LogP contribution in [0.25, 0.3) is 22.2 Å². The van der Waals surface area contributed by atoms with Crippen molar-refractivity contribution in [3.8, 4) is 11.3 Å². The number of nitrogens with zero attached hydrogens (tertiary/aromatic N) is 5. The van der Waals surface area contributed by atoms with Gasteiger partial charge in [-0.3, -0.25) is 0 Å². The Morgan fingerprint density at radius 2 is 2.10 bits per heavy atom. The van der Waals surface area contributed by atoms with Gasteiger partial charge in [0.1, 0.15) is 15.9 Å². The van der Waals surface area contributed by atoms with E-state index in [2.05, 4.69) is 30.9 Å². The van der Waals surface area contributed by atoms with Crippen LogP contribution in [-0.2, 0) is 4.74 Å². The minimum Gasteiger partial charge on any atom is -0.444 e. The molecule has 3 aromatic rings. The van der Waals surface area contributed by atoms with Gasteiger partial charge in [-0.2, -0.15) is 0 Å². The molecule has 0 spiro atoms. The van der Waals surface area contributed by atoms with Crippen molar-refractivity contribution in [2.75, 3.05) is 18.8 Å². The summed E-state index contributed by atoms with van der Waals surface area (Å²) in [4.78, 5) is 26.3. The molecule has 4 heterocycles. The van der Waals surface area contributed by atoms with Gasteiger partial charge in [-0.1, -0.05) is 0 Å². The quantitative estimate of drug-likeness (QED) is 0.557. The number of anilines is 1. The van der Waals surface area contributed by atoms with Crippen LogP contribution in [-0.4, -0.2) is 49.2 Å². The minimum absolute atomic E-state index is 0.000936. The summed E-state index contributed by atoms with van der Waals surface area (Å²) in [5.74, 6) is -0.560. The van der Waals surface area contributed by atoms with Gasteiger partial charge in [0.2, 0.25) is 5.95 Å². The summed E-state index contributed by atoms with van der Waals surface area (Å²) in [5, 5.41) is 0.782. The molecule has 0 bridgehead atoms. The number of ether oxygens (including phenoxy) is 1. The Morgan fingerprint density at radius 1 is 1.33 bits per heavy atom. The molecule has 1 unspecified atom stereocenters. The lowest BCUT2D eigenvalue weighted by Crippen LogP contribution is -2.35. The molecule has 1 amide bonds. The van der Waals surface area contributed by atoms with E-state index in [-0.39, 0.29) is 23.8 Å². The molecule has 8 nitrogen and oxygen atoms in total. The first-order valence-electron chi connectivity index (χ1n) is 9.55. The zero-order valence-corrected chi connectivity index (χ0v) is 18.5. The molecule has 1 aliphatic heterocycles. The van der Waals surface area contributed by atoms with Gasteiger partial charge in [0.05, 0.1) is 24.0 Å². The lowest BCUT2D eigenvalue weighted by Gasteiger charge is -2.24. The molecular formula is C20H22BrFN6O2. The Balaban J connectivity index is 1.73. The first kappa shape index (κ1) is 20.5. The summed E-state index contributed by atoms with van der Waals surface area (Å²) < 4.78 is 22.6. The highest BCUT2D eigenvalue weighted by molar-refractivity contribution is 9.10. The summed E-state index contributed by atoms with van der Waals surface area (Å²) in [6, 6.07) is 1.82. The van der Waals surface area contributed by atoms with Crippen molar-refractivity contribution in [2.24, 2.45) is 0 Å². The van der Waals surface area contributed by atoms with Crippen LogP contribution >= 0.6 is 15.9 Å². The van der Waals surface area contributed by atoms with Gasteiger partial charge in [-0.25, -0.2) is 24.1 Å². The fourth-order valence-electron chi connectivity index (χ4n) is 3.64. The summed E-state index contributed by atoms with van der Waals surface area (Å²) in [6.07, 6.45) is 5.04. The third kappa shape index (κ3) is 3.96. The molecule has 0 aromatic carbocycles. The molecule has 3 aromatic heterocycles. The Kier molecular flexibility index (Phi) is 5.13. The fourth-order valence-corrected chi connectivity index (χ4v) is 3.98. The number of fused-ring (bicyclic) bond motifs is 1. The van der Waals surface area contributed by atoms with E-state index in [1.807, 2.05) is 37.6 Å². The van der Waals surface area contributed by atoms with Gasteiger partial charge >= 0.3 is 6.09 Å². The van der Waals surface area contributed by atoms with E-state index in [0.717, 1.165) is 23.5 Å². The van der Waals surface area contributed by atoms with Crippen molar-refractivity contribution in [1.29, 1.82) is 0 Å². The van der Waals surface area contributed by atoms with Crippen LogP contribution in [0, 0.1) is 5.82 Å². The van der Waals surface area contributed by atoms with Crippen LogP contribution in [0.2, 0.25) is 0 Å². The Labute approximate surface area is 181 Å². The van der Waals surface area contributed by atoms with Gasteiger partial charge in [-0.05, 0) is 49.2 Å². The lowest BCUT2D eigenvalue weighted by atomic mass is 10.1. The molecule has 4 rings (SSSR count). The van der Waals surface area contributed by atoms with Gasteiger partial charge in [0.15, 0.2) is 5.82 Å². The number of carbonyl (C=O) groups is 1. The molecule has 30 heavy (non-hydrogen) atoms. The van der Waals surface area contributed by atoms with Crippen molar-refractivity contribution < 1.29 is 13.9 Å². The molecule has 0 saturated carbocycles. The van der Waals surface area contributed by atoms with Crippen LogP contribution < -0.4 is 5.73 Å². The van der Waals surface area contributed by atoms with E-state index in [0.29, 0.717) is 23.3 Å². The summed E-state index contributed by atoms with van der Waals surface area (Å²) >= 11 is 3.38. The molecule has 158 valence electrons. The topological polar surface area (TPSA) is 99.2 Å². The SMILES string of the molecule is CC(C)(C)OC(=O)N1CCC(n2cc(-c3nc(N)ncc3F)c3cc(Br)ncc32)C1. The number of pyridine rings is 1. The summed E-state index contributed by atoms with van der Waals surface area (Å²) in [7, 11) is 0. The molecule has 1 aliphatic rings. The maximum absolute atomic E-state index is 14.5. The average molecular weight is 477 g/mol. The van der Waals surface area contributed by atoms with E-state index in [4.69, 9.17) is 10.5 Å². The standard InChI is InChI=1S/C20H22BrFN6O2/c1-20(2,3)30-19(29)27-5-4-11(9-27)28-10-13(12-6-16(21)24-8-15(12)28)17-14(22)7-25-18(23)26-17/h6-8,10-11H,4-5,9H2,1-3H3,(H2,23,25,26). The molecule has 0 aliphatic carbocycles. The normalized spacial score (nSPS) is 17.0. The first-order chi connectivity index (χ1) is 14.1. The summed E-state index contributed by atoms with van der Waals surface area (Å²) in [6.45, 7) is 6.59. The van der Waals surface area contributed by atoms with Crippen molar-refractivity contribution in [3.63, 3.8) is 0 Å². The van der Waals surface area contributed by atoms with Crippen LogP contribution in [0.5, 0.6) is 0 Å². The number of nitrogen functional groups attached to an aromatic ring is 1. The van der Waals surface area contributed by atoms with Gasteiger partial charge in [0, 0.05) is 30.2 Å². The maximum Gasteiger partial charge on any atom is 0.410 e. The number of hydrogen-bond acceptors (Lipinski definition) is 6. The Bertz CT molecular complexity index is 1130. The molecule has 1 saturated heterocycles. The maximum atomic E-state index is 14.5. The lowest BCUT2D eigenvalue weighted by molar-refractivity contribution is 0.0289. The predicted molar refractivity (Wildman–Crippen MR) is 114 cm³/mol. The molecule has 0 radical (unpaired) electrons. The highest BCUT2D eigenvalue weighted by atomic mass is 79.9. The number of aromatic nitrogens is 4. The molecule has 1 fully saturated rings. The van der Waals surface area contributed by atoms with Crippen molar-refractivity contribution in [3.05, 3.63) is 35.1 Å². The van der Waals surface area contributed by atoms with Crippen LogP contribution in [0.15, 0.2) is 29.3 Å². The second kappa shape index (κ2) is 7.50. The smallest absolute Gasteiger partial charge is 0.410 e. The van der Waals surface area contributed by atoms with Crippen LogP contribution in [0.4, 0.5) is 15.1 Å². The Morgan fingerprint density at radius 3 is 2.83 bits per heavy atom. The second-order valence-electron chi connectivity index (χ2n) is 8.27. The van der Waals surface area contributed by atoms with Gasteiger partial charge in [0.25, 0.3) is 0 Å². The number of amides is 1. The number of likely N-dealkylation sites (tertiary alicyclic amines) is 1. The van der Waals surface area contributed by atoms with Crippen molar-refractivity contribution in [2.45, 2.75) is 38.8 Å². The fraction of sp³-hybridized carbons (Fsp3) is 0.400. The van der Waals surface area contributed by atoms with Crippen LogP contribution in [0.3, 0.4) is 0 Å². The van der Waals surface area contributed by atoms with Crippen LogP contribution in [0.1, 0.15) is 33.2 Å². The van der Waals surface area contributed by atoms with Crippen molar-refractivity contribution in [1.82, 2.24) is 24.4 Å². The third-order valence-corrected chi connectivity index (χ3v) is 5.35. The largest absolute Gasteiger partial charge is 0.444 e.